The second-order valence-electron chi connectivity index (χ2n) is 8.61. The van der Waals surface area contributed by atoms with E-state index in [0.29, 0.717) is 30.8 Å². The van der Waals surface area contributed by atoms with E-state index in [1.165, 1.54) is 4.90 Å². The number of aromatic nitrogens is 1. The van der Waals surface area contributed by atoms with Crippen LogP contribution in [0.4, 0.5) is 0 Å². The normalized spacial score (nSPS) is 23.6. The summed E-state index contributed by atoms with van der Waals surface area (Å²) in [5.74, 6) is -1.26. The molecular formula is C23H28N4O6. The molecule has 3 amide bonds. The van der Waals surface area contributed by atoms with E-state index in [9.17, 15) is 24.3 Å². The van der Waals surface area contributed by atoms with Crippen molar-refractivity contribution in [2.75, 3.05) is 20.3 Å². The average molecular weight is 456 g/mol. The summed E-state index contributed by atoms with van der Waals surface area (Å²) in [5, 5.41) is 15.7. The molecule has 0 bridgehead atoms. The third-order valence-electron chi connectivity index (χ3n) is 6.53. The largest absolute Gasteiger partial charge is 0.496 e. The summed E-state index contributed by atoms with van der Waals surface area (Å²) in [6.07, 6.45) is 1.05. The van der Waals surface area contributed by atoms with Crippen molar-refractivity contribution >= 4 is 34.4 Å². The Kier molecular flexibility index (Phi) is 6.37. The van der Waals surface area contributed by atoms with Gasteiger partial charge in [0.25, 0.3) is 5.91 Å². The number of fused-ring (bicyclic) bond motifs is 1. The van der Waals surface area contributed by atoms with E-state index < -0.39 is 36.3 Å². The lowest BCUT2D eigenvalue weighted by Gasteiger charge is -2.31. The van der Waals surface area contributed by atoms with E-state index >= 15 is 0 Å². The average Bonchev–Trinajstić information content (AvgIpc) is 3.49. The molecule has 1 aromatic heterocycles. The minimum atomic E-state index is -0.911. The monoisotopic (exact) mass is 456 g/mol. The highest BCUT2D eigenvalue weighted by atomic mass is 16.5. The lowest BCUT2D eigenvalue weighted by molar-refractivity contribution is -0.141. The maximum Gasteiger partial charge on any atom is 0.268 e. The van der Waals surface area contributed by atoms with Crippen LogP contribution in [0.1, 0.15) is 36.7 Å². The van der Waals surface area contributed by atoms with Crippen LogP contribution in [0.3, 0.4) is 0 Å². The number of aliphatic hydroxyl groups excluding tert-OH is 1. The van der Waals surface area contributed by atoms with Crippen molar-refractivity contribution in [1.29, 1.82) is 0 Å². The molecule has 33 heavy (non-hydrogen) atoms. The molecule has 0 saturated carbocycles. The SMILES string of the molecule is COc1cccc2[nH]c(C(=O)N[C@H]3CC(C)N(C(CC4CCNC4=O)C(=O)CO)C3=O)cc12. The molecule has 2 aliphatic heterocycles. The van der Waals surface area contributed by atoms with Crippen LogP contribution < -0.4 is 15.4 Å². The number of aliphatic hydroxyl groups is 1. The third-order valence-corrected chi connectivity index (χ3v) is 6.53. The fourth-order valence-electron chi connectivity index (χ4n) is 4.84. The summed E-state index contributed by atoms with van der Waals surface area (Å²) >= 11 is 0. The molecule has 0 radical (unpaired) electrons. The Hall–Kier alpha value is -3.40. The Labute approximate surface area is 190 Å². The van der Waals surface area contributed by atoms with Crippen LogP contribution in [0.5, 0.6) is 5.75 Å². The lowest BCUT2D eigenvalue weighted by atomic mass is 9.94. The maximum atomic E-state index is 13.2. The second kappa shape index (κ2) is 9.22. The van der Waals surface area contributed by atoms with Crippen LogP contribution in [0.25, 0.3) is 10.9 Å². The molecule has 10 heteroatoms. The van der Waals surface area contributed by atoms with E-state index in [4.69, 9.17) is 4.74 Å². The van der Waals surface area contributed by atoms with Gasteiger partial charge in [0.15, 0.2) is 5.78 Å². The van der Waals surface area contributed by atoms with Crippen LogP contribution in [0.15, 0.2) is 24.3 Å². The van der Waals surface area contributed by atoms with Crippen molar-refractivity contribution in [3.63, 3.8) is 0 Å². The van der Waals surface area contributed by atoms with Crippen LogP contribution >= 0.6 is 0 Å². The number of ether oxygens (including phenoxy) is 1. The molecule has 10 nitrogen and oxygen atoms in total. The Bertz CT molecular complexity index is 1100. The van der Waals surface area contributed by atoms with Gasteiger partial charge in [0.05, 0.1) is 13.2 Å². The smallest absolute Gasteiger partial charge is 0.268 e. The number of aromatic amines is 1. The van der Waals surface area contributed by atoms with E-state index in [0.717, 1.165) is 10.9 Å². The molecule has 3 heterocycles. The number of nitrogens with one attached hydrogen (secondary N) is 3. The first kappa shape index (κ1) is 22.8. The van der Waals surface area contributed by atoms with E-state index in [1.54, 1.807) is 26.2 Å². The van der Waals surface area contributed by atoms with E-state index in [2.05, 4.69) is 15.6 Å². The number of H-pyrrole nitrogens is 1. The minimum Gasteiger partial charge on any atom is -0.496 e. The van der Waals surface area contributed by atoms with Gasteiger partial charge < -0.3 is 30.4 Å². The van der Waals surface area contributed by atoms with Crippen molar-refractivity contribution in [2.24, 2.45) is 5.92 Å². The number of rotatable bonds is 8. The maximum absolute atomic E-state index is 13.2. The summed E-state index contributed by atoms with van der Waals surface area (Å²) in [6, 6.07) is 5.03. The number of Topliss-reactive ketones (excluding diaryl/α,β-unsaturated/α-hetero) is 1. The second-order valence-corrected chi connectivity index (χ2v) is 8.61. The van der Waals surface area contributed by atoms with Crippen molar-refractivity contribution in [3.8, 4) is 5.75 Å². The molecule has 4 N–H and O–H groups in total. The fourth-order valence-corrected chi connectivity index (χ4v) is 4.84. The number of carbonyl (C=O) groups excluding carboxylic acids is 4. The summed E-state index contributed by atoms with van der Waals surface area (Å²) in [5.41, 5.74) is 1.02. The van der Waals surface area contributed by atoms with Crippen molar-refractivity contribution in [3.05, 3.63) is 30.0 Å². The molecule has 2 aromatic rings. The van der Waals surface area contributed by atoms with Crippen molar-refractivity contribution < 1.29 is 29.0 Å². The van der Waals surface area contributed by atoms with E-state index in [1.807, 2.05) is 12.1 Å². The molecule has 2 aliphatic rings. The van der Waals surface area contributed by atoms with Gasteiger partial charge >= 0.3 is 0 Å². The van der Waals surface area contributed by atoms with Crippen LogP contribution in [0.2, 0.25) is 0 Å². The fraction of sp³-hybridized carbons (Fsp3) is 0.478. The minimum absolute atomic E-state index is 0.149. The Morgan fingerprint density at radius 2 is 2.12 bits per heavy atom. The predicted molar refractivity (Wildman–Crippen MR) is 119 cm³/mol. The standard InChI is InChI=1S/C23H28N4O6/c1-12-8-17(26-22(31)16-10-14-15(25-16)4-3-5-20(14)33-2)23(32)27(12)18(19(29)11-28)9-13-6-7-24-21(13)30/h3-5,10,12-13,17-18,25,28H,6-9,11H2,1-2H3,(H,24,30)(H,26,31)/t12?,13?,17-,18?/m0/s1. The molecular weight excluding hydrogens is 428 g/mol. The molecule has 2 fully saturated rings. The zero-order valence-corrected chi connectivity index (χ0v) is 18.6. The Morgan fingerprint density at radius 3 is 2.79 bits per heavy atom. The molecule has 0 aliphatic carbocycles. The predicted octanol–water partition coefficient (Wildman–Crippen LogP) is 0.352. The Balaban J connectivity index is 1.51. The summed E-state index contributed by atoms with van der Waals surface area (Å²) < 4.78 is 5.33. The number of likely N-dealkylation sites (tertiary alicyclic amines) is 1. The molecule has 1 aromatic carbocycles. The molecule has 2 saturated heterocycles. The highest BCUT2D eigenvalue weighted by molar-refractivity contribution is 6.02. The number of hydrogen-bond acceptors (Lipinski definition) is 6. The van der Waals surface area contributed by atoms with E-state index in [-0.39, 0.29) is 24.3 Å². The highest BCUT2D eigenvalue weighted by Gasteiger charge is 2.45. The molecule has 4 rings (SSSR count). The number of ketones is 1. The number of carbonyl (C=O) groups is 4. The number of nitrogens with zero attached hydrogens (tertiary/aromatic N) is 1. The summed E-state index contributed by atoms with van der Waals surface area (Å²) in [7, 11) is 1.55. The first-order chi connectivity index (χ1) is 15.8. The molecule has 4 atom stereocenters. The zero-order chi connectivity index (χ0) is 23.7. The molecule has 176 valence electrons. The van der Waals surface area contributed by atoms with Crippen LogP contribution in [-0.2, 0) is 14.4 Å². The van der Waals surface area contributed by atoms with Crippen LogP contribution in [-0.4, -0.2) is 76.9 Å². The zero-order valence-electron chi connectivity index (χ0n) is 18.6. The van der Waals surface area contributed by atoms with Gasteiger partial charge in [0, 0.05) is 29.4 Å². The number of hydrogen-bond donors (Lipinski definition) is 4. The third kappa shape index (κ3) is 4.30. The molecule has 0 spiro atoms. The molecule has 3 unspecified atom stereocenters. The lowest BCUT2D eigenvalue weighted by Crippen LogP contribution is -2.50. The first-order valence-electron chi connectivity index (χ1n) is 11.0. The number of methoxy groups -OCH3 is 1. The van der Waals surface area contributed by atoms with Gasteiger partial charge in [-0.3, -0.25) is 19.2 Å². The summed E-state index contributed by atoms with van der Waals surface area (Å²) in [4.78, 5) is 55.1. The van der Waals surface area contributed by atoms with Crippen molar-refractivity contribution in [2.45, 2.75) is 44.3 Å². The van der Waals surface area contributed by atoms with Crippen molar-refractivity contribution in [1.82, 2.24) is 20.5 Å². The number of amides is 3. The van der Waals surface area contributed by atoms with Gasteiger partial charge in [0.2, 0.25) is 11.8 Å². The summed E-state index contributed by atoms with van der Waals surface area (Å²) in [6.45, 7) is 1.61. The van der Waals surface area contributed by atoms with Gasteiger partial charge in [0.1, 0.15) is 24.1 Å². The van der Waals surface area contributed by atoms with Gasteiger partial charge in [-0.05, 0) is 44.4 Å². The number of benzene rings is 1. The first-order valence-corrected chi connectivity index (χ1v) is 11.0. The highest BCUT2D eigenvalue weighted by Crippen LogP contribution is 2.29. The topological polar surface area (TPSA) is 141 Å². The van der Waals surface area contributed by atoms with Gasteiger partial charge in [-0.1, -0.05) is 6.07 Å². The van der Waals surface area contributed by atoms with Gasteiger partial charge in [-0.2, -0.15) is 0 Å². The quantitative estimate of drug-likeness (QED) is 0.452. The van der Waals surface area contributed by atoms with Gasteiger partial charge in [-0.15, -0.1) is 0 Å². The van der Waals surface area contributed by atoms with Gasteiger partial charge in [-0.25, -0.2) is 0 Å². The van der Waals surface area contributed by atoms with Crippen LogP contribution in [0, 0.1) is 5.92 Å². The Morgan fingerprint density at radius 1 is 1.33 bits per heavy atom.